The van der Waals surface area contributed by atoms with Crippen LogP contribution in [0.5, 0.6) is 0 Å². The van der Waals surface area contributed by atoms with Crippen molar-refractivity contribution in [2.24, 2.45) is 0 Å². The predicted octanol–water partition coefficient (Wildman–Crippen LogP) is 4.69. The fraction of sp³-hybridized carbons (Fsp3) is 0.190. The molecule has 0 saturated carbocycles. The first-order valence-electron chi connectivity index (χ1n) is 8.17. The fourth-order valence-corrected chi connectivity index (χ4v) is 2.88. The van der Waals surface area contributed by atoms with Crippen LogP contribution in [0.3, 0.4) is 0 Å². The molecule has 0 aliphatic heterocycles. The zero-order chi connectivity index (χ0) is 16.9. The Kier molecular flexibility index (Phi) is 4.80. The second-order valence-electron chi connectivity index (χ2n) is 5.69. The highest BCUT2D eigenvalue weighted by atomic mass is 16.5. The maximum absolute atomic E-state index is 12.3. The van der Waals surface area contributed by atoms with Gasteiger partial charge in [-0.2, -0.15) is 0 Å². The van der Waals surface area contributed by atoms with Crippen LogP contribution in [0.25, 0.3) is 11.3 Å². The van der Waals surface area contributed by atoms with E-state index in [0.717, 1.165) is 23.5 Å². The molecule has 1 aromatic heterocycles. The number of ether oxygens (including phenoxy) is 1. The monoisotopic (exact) mass is 319 g/mol. The number of hydrogen-bond donors (Lipinski definition) is 0. The molecule has 0 radical (unpaired) electrons. The third-order valence-electron chi connectivity index (χ3n) is 4.11. The number of benzene rings is 2. The van der Waals surface area contributed by atoms with Gasteiger partial charge in [0.1, 0.15) is 0 Å². The van der Waals surface area contributed by atoms with Gasteiger partial charge in [0.25, 0.3) is 0 Å². The average Bonchev–Trinajstić information content (AvgIpc) is 2.94. The lowest BCUT2D eigenvalue weighted by atomic mass is 10.1. The topological polar surface area (TPSA) is 31.2 Å². The van der Waals surface area contributed by atoms with Crippen molar-refractivity contribution in [2.45, 2.75) is 20.4 Å². The van der Waals surface area contributed by atoms with Crippen molar-refractivity contribution in [1.29, 1.82) is 0 Å². The predicted molar refractivity (Wildman–Crippen MR) is 96.1 cm³/mol. The molecule has 3 heteroatoms. The van der Waals surface area contributed by atoms with Crippen molar-refractivity contribution in [3.8, 4) is 11.3 Å². The number of rotatable bonds is 5. The largest absolute Gasteiger partial charge is 0.462 e. The maximum Gasteiger partial charge on any atom is 0.339 e. The molecule has 0 amide bonds. The molecule has 0 unspecified atom stereocenters. The van der Waals surface area contributed by atoms with Crippen LogP contribution in [0.2, 0.25) is 0 Å². The van der Waals surface area contributed by atoms with E-state index in [-0.39, 0.29) is 5.97 Å². The number of esters is 1. The van der Waals surface area contributed by atoms with Crippen molar-refractivity contribution in [3.05, 3.63) is 83.6 Å². The summed E-state index contributed by atoms with van der Waals surface area (Å²) in [4.78, 5) is 12.3. The van der Waals surface area contributed by atoms with Gasteiger partial charge in [0.15, 0.2) is 0 Å². The fourth-order valence-electron chi connectivity index (χ4n) is 2.88. The molecule has 3 rings (SSSR count). The first-order valence-corrected chi connectivity index (χ1v) is 8.17. The molecule has 1 heterocycles. The van der Waals surface area contributed by atoms with Gasteiger partial charge >= 0.3 is 5.97 Å². The molecule has 0 saturated heterocycles. The molecule has 0 aliphatic carbocycles. The van der Waals surface area contributed by atoms with E-state index >= 15 is 0 Å². The van der Waals surface area contributed by atoms with Crippen LogP contribution >= 0.6 is 0 Å². The SMILES string of the molecule is CCOC(=O)c1cc(-c2ccccc2)n(Cc2ccccc2)c1C. The third-order valence-corrected chi connectivity index (χ3v) is 4.11. The molecular weight excluding hydrogens is 298 g/mol. The summed E-state index contributed by atoms with van der Waals surface area (Å²) in [5.41, 5.74) is 4.87. The summed E-state index contributed by atoms with van der Waals surface area (Å²) < 4.78 is 7.39. The Hall–Kier alpha value is -2.81. The molecule has 0 atom stereocenters. The van der Waals surface area contributed by atoms with Crippen molar-refractivity contribution >= 4 is 5.97 Å². The van der Waals surface area contributed by atoms with Gasteiger partial charge in [0, 0.05) is 17.9 Å². The van der Waals surface area contributed by atoms with Gasteiger partial charge in [-0.05, 0) is 31.0 Å². The Morgan fingerprint density at radius 1 is 1.00 bits per heavy atom. The highest BCUT2D eigenvalue weighted by Gasteiger charge is 2.19. The van der Waals surface area contributed by atoms with E-state index in [1.165, 1.54) is 5.56 Å². The lowest BCUT2D eigenvalue weighted by Crippen LogP contribution is -2.08. The van der Waals surface area contributed by atoms with E-state index in [4.69, 9.17) is 4.74 Å². The Balaban J connectivity index is 2.09. The molecule has 122 valence electrons. The highest BCUT2D eigenvalue weighted by molar-refractivity contribution is 5.92. The maximum atomic E-state index is 12.3. The average molecular weight is 319 g/mol. The molecule has 0 spiro atoms. The van der Waals surface area contributed by atoms with Gasteiger partial charge in [0.05, 0.1) is 12.2 Å². The molecule has 0 aliphatic rings. The van der Waals surface area contributed by atoms with Gasteiger partial charge < -0.3 is 9.30 Å². The molecule has 3 aromatic rings. The van der Waals surface area contributed by atoms with Crippen LogP contribution in [0.1, 0.15) is 28.5 Å². The van der Waals surface area contributed by atoms with Gasteiger partial charge in [-0.1, -0.05) is 60.7 Å². The van der Waals surface area contributed by atoms with Crippen molar-refractivity contribution in [3.63, 3.8) is 0 Å². The van der Waals surface area contributed by atoms with Gasteiger partial charge in [0.2, 0.25) is 0 Å². The van der Waals surface area contributed by atoms with Gasteiger partial charge in [-0.3, -0.25) is 0 Å². The second-order valence-corrected chi connectivity index (χ2v) is 5.69. The molecular formula is C21H21NO2. The summed E-state index contributed by atoms with van der Waals surface area (Å²) >= 11 is 0. The number of carbonyl (C=O) groups is 1. The van der Waals surface area contributed by atoms with E-state index in [2.05, 4.69) is 28.8 Å². The Morgan fingerprint density at radius 2 is 1.62 bits per heavy atom. The quantitative estimate of drug-likeness (QED) is 0.639. The van der Waals surface area contributed by atoms with Crippen LogP contribution in [0.4, 0.5) is 0 Å². The van der Waals surface area contributed by atoms with Gasteiger partial charge in [-0.15, -0.1) is 0 Å². The lowest BCUT2D eigenvalue weighted by Gasteiger charge is -2.12. The van der Waals surface area contributed by atoms with E-state index in [1.54, 1.807) is 0 Å². The van der Waals surface area contributed by atoms with Crippen molar-refractivity contribution in [1.82, 2.24) is 4.57 Å². The Morgan fingerprint density at radius 3 is 2.25 bits per heavy atom. The summed E-state index contributed by atoms with van der Waals surface area (Å²) in [6.45, 7) is 4.90. The molecule has 3 nitrogen and oxygen atoms in total. The van der Waals surface area contributed by atoms with E-state index in [1.807, 2.05) is 56.3 Å². The zero-order valence-electron chi connectivity index (χ0n) is 14.0. The highest BCUT2D eigenvalue weighted by Crippen LogP contribution is 2.27. The second kappa shape index (κ2) is 7.18. The van der Waals surface area contributed by atoms with Crippen molar-refractivity contribution < 1.29 is 9.53 Å². The summed E-state index contributed by atoms with van der Waals surface area (Å²) in [6.07, 6.45) is 0. The van der Waals surface area contributed by atoms with Gasteiger partial charge in [-0.25, -0.2) is 4.79 Å². The smallest absolute Gasteiger partial charge is 0.339 e. The summed E-state index contributed by atoms with van der Waals surface area (Å²) in [6, 6.07) is 22.3. The van der Waals surface area contributed by atoms with E-state index in [0.29, 0.717) is 12.2 Å². The number of hydrogen-bond acceptors (Lipinski definition) is 2. The number of nitrogens with zero attached hydrogens (tertiary/aromatic N) is 1. The van der Waals surface area contributed by atoms with Crippen LogP contribution in [0.15, 0.2) is 66.7 Å². The molecule has 0 N–H and O–H groups in total. The zero-order valence-corrected chi connectivity index (χ0v) is 14.0. The molecule has 24 heavy (non-hydrogen) atoms. The normalized spacial score (nSPS) is 10.6. The summed E-state index contributed by atoms with van der Waals surface area (Å²) in [5.74, 6) is -0.265. The molecule has 2 aromatic carbocycles. The Labute approximate surface area is 142 Å². The minimum absolute atomic E-state index is 0.265. The van der Waals surface area contributed by atoms with Crippen LogP contribution in [0, 0.1) is 6.92 Å². The molecule has 0 fully saturated rings. The lowest BCUT2D eigenvalue weighted by molar-refractivity contribution is 0.0525. The summed E-state index contributed by atoms with van der Waals surface area (Å²) in [5, 5.41) is 0. The minimum atomic E-state index is -0.265. The third kappa shape index (κ3) is 3.25. The van der Waals surface area contributed by atoms with E-state index < -0.39 is 0 Å². The Bertz CT molecular complexity index is 820. The first kappa shape index (κ1) is 16.1. The van der Waals surface area contributed by atoms with Crippen molar-refractivity contribution in [2.75, 3.05) is 6.61 Å². The minimum Gasteiger partial charge on any atom is -0.462 e. The standard InChI is InChI=1S/C21H21NO2/c1-3-24-21(23)19-14-20(18-12-8-5-9-13-18)22(16(19)2)15-17-10-6-4-7-11-17/h4-14H,3,15H2,1-2H3. The number of carbonyl (C=O) groups excluding carboxylic acids is 1. The first-order chi connectivity index (χ1) is 11.7. The summed E-state index contributed by atoms with van der Waals surface area (Å²) in [7, 11) is 0. The van der Waals surface area contributed by atoms with Crippen LogP contribution in [-0.4, -0.2) is 17.1 Å². The van der Waals surface area contributed by atoms with Crippen LogP contribution in [-0.2, 0) is 11.3 Å². The molecule has 0 bridgehead atoms. The number of aromatic nitrogens is 1. The van der Waals surface area contributed by atoms with E-state index in [9.17, 15) is 4.79 Å². The van der Waals surface area contributed by atoms with Crippen LogP contribution < -0.4 is 0 Å².